The molecule has 3 rings (SSSR count). The predicted molar refractivity (Wildman–Crippen MR) is 83.7 cm³/mol. The molecule has 1 aromatic heterocycles. The second kappa shape index (κ2) is 5.46. The van der Waals surface area contributed by atoms with Crippen LogP contribution < -0.4 is 0 Å². The number of fused-ring (bicyclic) bond motifs is 1. The molecule has 0 bridgehead atoms. The molecule has 0 fully saturated rings. The van der Waals surface area contributed by atoms with E-state index in [1.54, 1.807) is 0 Å². The molecular formula is C14H9Br2N3O. The lowest BCUT2D eigenvalue weighted by atomic mass is 10.0. The zero-order valence-corrected chi connectivity index (χ0v) is 13.4. The number of hydrogen-bond acceptors (Lipinski definition) is 3. The largest absolute Gasteiger partial charge is 0.292 e. The maximum atomic E-state index is 12.3. The van der Waals surface area contributed by atoms with Gasteiger partial charge in [0.05, 0.1) is 0 Å². The van der Waals surface area contributed by atoms with Crippen molar-refractivity contribution < 1.29 is 4.79 Å². The molecule has 0 saturated heterocycles. The summed E-state index contributed by atoms with van der Waals surface area (Å²) in [4.78, 5) is 16.3. The van der Waals surface area contributed by atoms with E-state index in [1.807, 2.05) is 42.5 Å². The van der Waals surface area contributed by atoms with Gasteiger partial charge in [0.25, 0.3) is 0 Å². The standard InChI is InChI=1S/C14H9Br2N3O/c15-13-17-14(16)19(18-13)8-12(20)11-6-5-9-3-1-2-4-10(9)7-11/h1-7H,8H2. The molecule has 0 radical (unpaired) electrons. The summed E-state index contributed by atoms with van der Waals surface area (Å²) >= 11 is 6.44. The summed E-state index contributed by atoms with van der Waals surface area (Å²) in [6.45, 7) is 0.150. The number of ketones is 1. The van der Waals surface area contributed by atoms with E-state index in [4.69, 9.17) is 0 Å². The average Bonchev–Trinajstić information content (AvgIpc) is 2.76. The van der Waals surface area contributed by atoms with E-state index in [0.717, 1.165) is 10.8 Å². The lowest BCUT2D eigenvalue weighted by Crippen LogP contribution is -2.12. The fourth-order valence-electron chi connectivity index (χ4n) is 1.99. The zero-order valence-electron chi connectivity index (χ0n) is 10.3. The third-order valence-corrected chi connectivity index (χ3v) is 3.89. The van der Waals surface area contributed by atoms with E-state index < -0.39 is 0 Å². The number of halogens is 2. The molecule has 4 nitrogen and oxygen atoms in total. The van der Waals surface area contributed by atoms with E-state index in [0.29, 0.717) is 15.0 Å². The van der Waals surface area contributed by atoms with Crippen LogP contribution in [0.5, 0.6) is 0 Å². The van der Waals surface area contributed by atoms with E-state index >= 15 is 0 Å². The lowest BCUT2D eigenvalue weighted by Gasteiger charge is -2.04. The van der Waals surface area contributed by atoms with Crippen LogP contribution in [0, 0.1) is 0 Å². The first kappa shape index (κ1) is 13.5. The highest BCUT2D eigenvalue weighted by Gasteiger charge is 2.12. The number of benzene rings is 2. The van der Waals surface area contributed by atoms with Crippen LogP contribution >= 0.6 is 31.9 Å². The number of rotatable bonds is 3. The molecule has 2 aromatic carbocycles. The van der Waals surface area contributed by atoms with Crippen molar-refractivity contribution in [2.75, 3.05) is 0 Å². The topological polar surface area (TPSA) is 47.8 Å². The average molecular weight is 395 g/mol. The van der Waals surface area contributed by atoms with Crippen LogP contribution in [0.1, 0.15) is 10.4 Å². The third kappa shape index (κ3) is 2.66. The van der Waals surface area contributed by atoms with Crippen LogP contribution in [-0.4, -0.2) is 20.5 Å². The first-order valence-corrected chi connectivity index (χ1v) is 7.50. The second-order valence-electron chi connectivity index (χ2n) is 4.29. The quantitative estimate of drug-likeness (QED) is 0.634. The van der Waals surface area contributed by atoms with Crippen LogP contribution in [0.25, 0.3) is 10.8 Å². The smallest absolute Gasteiger partial charge is 0.218 e. The lowest BCUT2D eigenvalue weighted by molar-refractivity contribution is 0.0966. The molecule has 100 valence electrons. The molecule has 3 aromatic rings. The van der Waals surface area contributed by atoms with Gasteiger partial charge in [-0.3, -0.25) is 4.79 Å². The van der Waals surface area contributed by atoms with Gasteiger partial charge in [0.15, 0.2) is 10.5 Å². The van der Waals surface area contributed by atoms with Gasteiger partial charge in [0, 0.05) is 5.56 Å². The van der Waals surface area contributed by atoms with Crippen LogP contribution in [0.4, 0.5) is 0 Å². The van der Waals surface area contributed by atoms with Gasteiger partial charge in [-0.15, -0.1) is 5.10 Å². The molecule has 0 spiro atoms. The van der Waals surface area contributed by atoms with Gasteiger partial charge in [-0.05, 0) is 48.7 Å². The van der Waals surface area contributed by atoms with Crippen LogP contribution in [0.3, 0.4) is 0 Å². The Labute approximate surface area is 132 Å². The van der Waals surface area contributed by atoms with Crippen molar-refractivity contribution in [1.29, 1.82) is 0 Å². The molecule has 0 N–H and O–H groups in total. The number of hydrogen-bond donors (Lipinski definition) is 0. The second-order valence-corrected chi connectivity index (χ2v) is 5.71. The van der Waals surface area contributed by atoms with Crippen molar-refractivity contribution in [2.24, 2.45) is 0 Å². The van der Waals surface area contributed by atoms with E-state index in [9.17, 15) is 4.79 Å². The monoisotopic (exact) mass is 393 g/mol. The summed E-state index contributed by atoms with van der Waals surface area (Å²) in [5.41, 5.74) is 0.669. The van der Waals surface area contributed by atoms with E-state index in [1.165, 1.54) is 4.68 Å². The first-order valence-electron chi connectivity index (χ1n) is 5.91. The first-order chi connectivity index (χ1) is 9.63. The summed E-state index contributed by atoms with van der Waals surface area (Å²) in [5.74, 6) is -0.00569. The molecule has 20 heavy (non-hydrogen) atoms. The van der Waals surface area contributed by atoms with E-state index in [2.05, 4.69) is 41.9 Å². The molecule has 0 unspecified atom stereocenters. The fourth-order valence-corrected chi connectivity index (χ4v) is 2.96. The molecule has 0 atom stereocenters. The van der Waals surface area contributed by atoms with Gasteiger partial charge >= 0.3 is 0 Å². The van der Waals surface area contributed by atoms with Gasteiger partial charge in [0.1, 0.15) is 6.54 Å². The van der Waals surface area contributed by atoms with E-state index in [-0.39, 0.29) is 12.3 Å². The molecule has 0 aliphatic rings. The number of Topliss-reactive ketones (excluding diaryl/α,β-unsaturated/α-hetero) is 1. The maximum Gasteiger partial charge on any atom is 0.218 e. The highest BCUT2D eigenvalue weighted by atomic mass is 79.9. The molecule has 0 aliphatic heterocycles. The van der Waals surface area contributed by atoms with Crippen molar-refractivity contribution in [3.8, 4) is 0 Å². The minimum Gasteiger partial charge on any atom is -0.292 e. The van der Waals surface area contributed by atoms with Gasteiger partial charge < -0.3 is 0 Å². The normalized spacial score (nSPS) is 10.9. The van der Waals surface area contributed by atoms with Gasteiger partial charge in [0.2, 0.25) is 4.73 Å². The highest BCUT2D eigenvalue weighted by molar-refractivity contribution is 9.11. The Hall–Kier alpha value is -1.53. The molecule has 6 heteroatoms. The van der Waals surface area contributed by atoms with Crippen molar-refractivity contribution in [2.45, 2.75) is 6.54 Å². The van der Waals surface area contributed by atoms with Gasteiger partial charge in [-0.1, -0.05) is 36.4 Å². The minimum atomic E-state index is -0.00569. The molecule has 0 saturated carbocycles. The van der Waals surface area contributed by atoms with Gasteiger partial charge in [-0.25, -0.2) is 4.68 Å². The summed E-state index contributed by atoms with van der Waals surface area (Å²) in [6.07, 6.45) is 0. The number of aromatic nitrogens is 3. The molecule has 1 heterocycles. The zero-order chi connectivity index (χ0) is 14.1. The minimum absolute atomic E-state index is 0.00569. The fraction of sp³-hybridized carbons (Fsp3) is 0.0714. The van der Waals surface area contributed by atoms with Crippen LogP contribution in [0.15, 0.2) is 51.9 Å². The third-order valence-electron chi connectivity index (χ3n) is 2.97. The maximum absolute atomic E-state index is 12.3. The molecular weight excluding hydrogens is 386 g/mol. The van der Waals surface area contributed by atoms with Crippen LogP contribution in [-0.2, 0) is 6.54 Å². The Kier molecular flexibility index (Phi) is 3.67. The molecule has 0 aliphatic carbocycles. The number of carbonyl (C=O) groups is 1. The number of nitrogens with zero attached hydrogens (tertiary/aromatic N) is 3. The summed E-state index contributed by atoms with van der Waals surface area (Å²) in [6, 6.07) is 13.6. The number of carbonyl (C=O) groups excluding carboxylic acids is 1. The van der Waals surface area contributed by atoms with Gasteiger partial charge in [-0.2, -0.15) is 4.98 Å². The SMILES string of the molecule is O=C(Cn1nc(Br)nc1Br)c1ccc2ccccc2c1. The van der Waals surface area contributed by atoms with Crippen LogP contribution in [0.2, 0.25) is 0 Å². The predicted octanol–water partition coefficient (Wildman–Crippen LogP) is 3.84. The Morgan fingerprint density at radius 2 is 1.85 bits per heavy atom. The van der Waals surface area contributed by atoms with Crippen molar-refractivity contribution in [3.05, 3.63) is 57.5 Å². The van der Waals surface area contributed by atoms with Crippen molar-refractivity contribution in [1.82, 2.24) is 14.8 Å². The Morgan fingerprint density at radius 1 is 1.10 bits per heavy atom. The van der Waals surface area contributed by atoms with Crippen molar-refractivity contribution in [3.63, 3.8) is 0 Å². The summed E-state index contributed by atoms with van der Waals surface area (Å²) in [5, 5.41) is 6.26. The summed E-state index contributed by atoms with van der Waals surface area (Å²) in [7, 11) is 0. The summed E-state index contributed by atoms with van der Waals surface area (Å²) < 4.78 is 2.50. The Bertz CT molecular complexity index is 798. The highest BCUT2D eigenvalue weighted by Crippen LogP contribution is 2.17. The van der Waals surface area contributed by atoms with Crippen molar-refractivity contribution >= 4 is 48.4 Å². The Morgan fingerprint density at radius 3 is 2.55 bits per heavy atom. The molecule has 0 amide bonds. The Balaban J connectivity index is 1.90.